The molecule has 0 unspecified atom stereocenters. The van der Waals surface area contributed by atoms with Crippen LogP contribution in [0.3, 0.4) is 0 Å². The molecule has 0 radical (unpaired) electrons. The van der Waals surface area contributed by atoms with Gasteiger partial charge in [0.1, 0.15) is 5.75 Å². The van der Waals surface area contributed by atoms with Crippen LogP contribution in [0.5, 0.6) is 5.75 Å². The van der Waals surface area contributed by atoms with Gasteiger partial charge in [-0.2, -0.15) is 0 Å². The van der Waals surface area contributed by atoms with E-state index < -0.39 is 24.2 Å². The Labute approximate surface area is 128 Å². The lowest BCUT2D eigenvalue weighted by molar-refractivity contribution is -0.274. The molecule has 0 bridgehead atoms. The second kappa shape index (κ2) is 6.23. The fraction of sp³-hybridized carbons (Fsp3) is 0.385. The lowest BCUT2D eigenvalue weighted by Gasteiger charge is -2.34. The van der Waals surface area contributed by atoms with Crippen LogP contribution in [0.2, 0.25) is 0 Å². The predicted octanol–water partition coefficient (Wildman–Crippen LogP) is 2.08. The van der Waals surface area contributed by atoms with Crippen LogP contribution in [0.4, 0.5) is 23.7 Å². The topological polar surface area (TPSA) is 90.3 Å². The Morgan fingerprint density at radius 2 is 1.65 bits per heavy atom. The van der Waals surface area contributed by atoms with Crippen molar-refractivity contribution in [3.8, 4) is 5.75 Å². The first kappa shape index (κ1) is 16.7. The first-order valence-electron chi connectivity index (χ1n) is 6.52. The molecule has 23 heavy (non-hydrogen) atoms. The molecule has 0 aliphatic carbocycles. The van der Waals surface area contributed by atoms with Crippen LogP contribution >= 0.6 is 0 Å². The van der Waals surface area contributed by atoms with Crippen molar-refractivity contribution in [2.45, 2.75) is 6.36 Å². The Bertz CT molecular complexity index is 612. The van der Waals surface area contributed by atoms with Crippen LogP contribution < -0.4 is 9.64 Å². The standard InChI is InChI=1S/C13H13F3N2O5/c14-13(15,16)23-10-6-8(11(19)20)5-9(7-10)17-1-3-18(4-2-17)12(21)22/h5-7H,1-4H2,(H,19,20)(H,21,22). The highest BCUT2D eigenvalue weighted by atomic mass is 19.4. The van der Waals surface area contributed by atoms with Gasteiger partial charge in [-0.15, -0.1) is 13.2 Å². The molecule has 0 aromatic heterocycles. The van der Waals surface area contributed by atoms with Crippen molar-refractivity contribution in [3.05, 3.63) is 23.8 Å². The summed E-state index contributed by atoms with van der Waals surface area (Å²) in [7, 11) is 0. The first-order valence-corrected chi connectivity index (χ1v) is 6.52. The number of carboxylic acids is 1. The summed E-state index contributed by atoms with van der Waals surface area (Å²) in [5.74, 6) is -2.02. The molecule has 0 atom stereocenters. The van der Waals surface area contributed by atoms with Gasteiger partial charge in [-0.25, -0.2) is 9.59 Å². The molecule has 0 saturated carbocycles. The number of aromatic carboxylic acids is 1. The normalized spacial score (nSPS) is 15.4. The summed E-state index contributed by atoms with van der Waals surface area (Å²) < 4.78 is 40.8. The van der Waals surface area contributed by atoms with Crippen LogP contribution in [-0.4, -0.2) is 59.7 Å². The molecule has 2 rings (SSSR count). The van der Waals surface area contributed by atoms with Gasteiger partial charge in [0, 0.05) is 37.9 Å². The summed E-state index contributed by atoms with van der Waals surface area (Å²) in [6.45, 7) is 0.811. The van der Waals surface area contributed by atoms with Crippen LogP contribution in [0.1, 0.15) is 10.4 Å². The Morgan fingerprint density at radius 3 is 2.13 bits per heavy atom. The van der Waals surface area contributed by atoms with E-state index in [1.807, 2.05) is 0 Å². The van der Waals surface area contributed by atoms with Crippen LogP contribution in [-0.2, 0) is 0 Å². The molecule has 1 heterocycles. The number of piperazine rings is 1. The summed E-state index contributed by atoms with van der Waals surface area (Å²) >= 11 is 0. The summed E-state index contributed by atoms with van der Waals surface area (Å²) in [6, 6.07) is 3.09. The van der Waals surface area contributed by atoms with Gasteiger partial charge in [-0.1, -0.05) is 0 Å². The number of alkyl halides is 3. The van der Waals surface area contributed by atoms with Crippen molar-refractivity contribution in [2.75, 3.05) is 31.1 Å². The molecule has 2 N–H and O–H groups in total. The van der Waals surface area contributed by atoms with Crippen LogP contribution in [0.25, 0.3) is 0 Å². The number of hydrogen-bond donors (Lipinski definition) is 2. The van der Waals surface area contributed by atoms with Gasteiger partial charge in [-0.05, 0) is 12.1 Å². The molecule has 10 heteroatoms. The Balaban J connectivity index is 2.24. The molecule has 7 nitrogen and oxygen atoms in total. The number of anilines is 1. The third-order valence-corrected chi connectivity index (χ3v) is 3.29. The summed E-state index contributed by atoms with van der Waals surface area (Å²) in [5, 5.41) is 17.9. The van der Waals surface area contributed by atoms with Gasteiger partial charge < -0.3 is 24.7 Å². The van der Waals surface area contributed by atoms with Gasteiger partial charge in [0.15, 0.2) is 0 Å². The maximum Gasteiger partial charge on any atom is 0.573 e. The molecular weight excluding hydrogens is 321 g/mol. The molecule has 1 saturated heterocycles. The zero-order valence-corrected chi connectivity index (χ0v) is 11.7. The second-order valence-corrected chi connectivity index (χ2v) is 4.83. The highest BCUT2D eigenvalue weighted by Gasteiger charge is 2.32. The van der Waals surface area contributed by atoms with Crippen molar-refractivity contribution in [3.63, 3.8) is 0 Å². The predicted molar refractivity (Wildman–Crippen MR) is 71.9 cm³/mol. The molecular formula is C13H13F3N2O5. The number of carboxylic acid groups (broad SMARTS) is 2. The Hall–Kier alpha value is -2.65. The SMILES string of the molecule is O=C(O)c1cc(OC(F)(F)F)cc(N2CCN(C(=O)O)CC2)c1. The molecule has 1 aliphatic heterocycles. The quantitative estimate of drug-likeness (QED) is 0.880. The van der Waals surface area contributed by atoms with Crippen LogP contribution in [0.15, 0.2) is 18.2 Å². The Morgan fingerprint density at radius 1 is 1.04 bits per heavy atom. The minimum absolute atomic E-state index is 0.169. The Kier molecular flexibility index (Phi) is 4.52. The number of nitrogens with zero attached hydrogens (tertiary/aromatic N) is 2. The van der Waals surface area contributed by atoms with E-state index in [0.29, 0.717) is 0 Å². The van der Waals surface area contributed by atoms with E-state index >= 15 is 0 Å². The summed E-state index contributed by atoms with van der Waals surface area (Å²) in [4.78, 5) is 24.7. The number of amides is 1. The van der Waals surface area contributed by atoms with Crippen molar-refractivity contribution in [1.82, 2.24) is 4.90 Å². The van der Waals surface area contributed by atoms with E-state index in [-0.39, 0.29) is 37.4 Å². The first-order chi connectivity index (χ1) is 10.7. The zero-order chi connectivity index (χ0) is 17.2. The van der Waals surface area contributed by atoms with E-state index in [0.717, 1.165) is 12.1 Å². The van der Waals surface area contributed by atoms with E-state index in [1.165, 1.54) is 11.0 Å². The van der Waals surface area contributed by atoms with Gasteiger partial charge in [0.2, 0.25) is 0 Å². The largest absolute Gasteiger partial charge is 0.573 e. The van der Waals surface area contributed by atoms with Crippen molar-refractivity contribution < 1.29 is 37.7 Å². The molecule has 0 spiro atoms. The highest BCUT2D eigenvalue weighted by molar-refractivity contribution is 5.89. The van der Waals surface area contributed by atoms with Gasteiger partial charge in [0.05, 0.1) is 5.56 Å². The van der Waals surface area contributed by atoms with E-state index in [2.05, 4.69) is 4.74 Å². The average molecular weight is 334 g/mol. The lowest BCUT2D eigenvalue weighted by Crippen LogP contribution is -2.48. The smallest absolute Gasteiger partial charge is 0.478 e. The second-order valence-electron chi connectivity index (χ2n) is 4.83. The zero-order valence-electron chi connectivity index (χ0n) is 11.7. The van der Waals surface area contributed by atoms with E-state index in [9.17, 15) is 22.8 Å². The third kappa shape index (κ3) is 4.41. The number of hydrogen-bond acceptors (Lipinski definition) is 4. The van der Waals surface area contributed by atoms with Crippen molar-refractivity contribution >= 4 is 17.7 Å². The monoisotopic (exact) mass is 334 g/mol. The van der Waals surface area contributed by atoms with E-state index in [4.69, 9.17) is 10.2 Å². The minimum atomic E-state index is -4.93. The number of halogens is 3. The fourth-order valence-electron chi connectivity index (χ4n) is 2.24. The number of rotatable bonds is 3. The number of carbonyl (C=O) groups is 2. The summed E-state index contributed by atoms with van der Waals surface area (Å²) in [6.07, 6.45) is -6.01. The number of ether oxygens (including phenoxy) is 1. The van der Waals surface area contributed by atoms with Crippen molar-refractivity contribution in [2.24, 2.45) is 0 Å². The maximum absolute atomic E-state index is 12.3. The van der Waals surface area contributed by atoms with Crippen molar-refractivity contribution in [1.29, 1.82) is 0 Å². The molecule has 1 aromatic carbocycles. The van der Waals surface area contributed by atoms with E-state index in [1.54, 1.807) is 4.90 Å². The minimum Gasteiger partial charge on any atom is -0.478 e. The van der Waals surface area contributed by atoms with Gasteiger partial charge in [0.25, 0.3) is 0 Å². The molecule has 126 valence electrons. The molecule has 1 fully saturated rings. The summed E-state index contributed by atoms with van der Waals surface area (Å²) in [5.41, 5.74) is -0.114. The third-order valence-electron chi connectivity index (χ3n) is 3.29. The molecule has 1 aromatic rings. The van der Waals surface area contributed by atoms with Gasteiger partial charge in [-0.3, -0.25) is 0 Å². The number of benzene rings is 1. The average Bonchev–Trinajstić information content (AvgIpc) is 2.45. The van der Waals surface area contributed by atoms with Gasteiger partial charge >= 0.3 is 18.4 Å². The lowest BCUT2D eigenvalue weighted by atomic mass is 10.1. The highest BCUT2D eigenvalue weighted by Crippen LogP contribution is 2.29. The molecule has 1 aliphatic rings. The van der Waals surface area contributed by atoms with Crippen LogP contribution in [0, 0.1) is 0 Å². The molecule has 1 amide bonds. The maximum atomic E-state index is 12.3. The fourth-order valence-corrected chi connectivity index (χ4v) is 2.24.